The summed E-state index contributed by atoms with van der Waals surface area (Å²) in [6.45, 7) is 2.13. The first-order valence-corrected chi connectivity index (χ1v) is 4.51. The molecule has 0 aromatic heterocycles. The van der Waals surface area contributed by atoms with Crippen LogP contribution in [0.1, 0.15) is 25.7 Å². The van der Waals surface area contributed by atoms with Crippen LogP contribution >= 0.6 is 0 Å². The van der Waals surface area contributed by atoms with Crippen LogP contribution < -0.4 is 0 Å². The van der Waals surface area contributed by atoms with Crippen molar-refractivity contribution in [2.24, 2.45) is 0 Å². The zero-order valence-electron chi connectivity index (χ0n) is 7.33. The predicted octanol–water partition coefficient (Wildman–Crippen LogP) is 1.06. The molecule has 1 atom stereocenters. The largest absolute Gasteiger partial charge is 0.302 e. The molecule has 66 valence electrons. The summed E-state index contributed by atoms with van der Waals surface area (Å²) in [6, 6.07) is 0.0727. The number of likely N-dealkylation sites (tertiary alicyclic amines) is 1. The van der Waals surface area contributed by atoms with Gasteiger partial charge in [0.15, 0.2) is 0 Å². The molecule has 1 rings (SSSR count). The Labute approximate surface area is 73.9 Å². The van der Waals surface area contributed by atoms with Gasteiger partial charge in [-0.05, 0) is 32.4 Å². The summed E-state index contributed by atoms with van der Waals surface area (Å²) in [5.41, 5.74) is 0. The van der Waals surface area contributed by atoms with Crippen LogP contribution in [0.15, 0.2) is 0 Å². The number of rotatable bonds is 4. The first-order chi connectivity index (χ1) is 5.88. The SMILES string of the molecule is C#CCCC(C=O)N1CCCC1. The van der Waals surface area contributed by atoms with Crippen molar-refractivity contribution in [2.75, 3.05) is 13.1 Å². The summed E-state index contributed by atoms with van der Waals surface area (Å²) in [5.74, 6) is 2.57. The molecule has 1 saturated heterocycles. The fraction of sp³-hybridized carbons (Fsp3) is 0.700. The van der Waals surface area contributed by atoms with Crippen LogP contribution in [-0.4, -0.2) is 30.3 Å². The highest BCUT2D eigenvalue weighted by Gasteiger charge is 2.20. The highest BCUT2D eigenvalue weighted by atomic mass is 16.1. The average Bonchev–Trinajstić information content (AvgIpc) is 2.59. The molecule has 2 nitrogen and oxygen atoms in total. The Balaban J connectivity index is 2.33. The third-order valence-corrected chi connectivity index (χ3v) is 2.35. The number of aldehydes is 1. The molecule has 0 saturated carbocycles. The second-order valence-electron chi connectivity index (χ2n) is 3.19. The first-order valence-electron chi connectivity index (χ1n) is 4.51. The van der Waals surface area contributed by atoms with Crippen molar-refractivity contribution in [2.45, 2.75) is 31.7 Å². The monoisotopic (exact) mass is 165 g/mol. The van der Waals surface area contributed by atoms with E-state index < -0.39 is 0 Å². The molecule has 1 unspecified atom stereocenters. The third kappa shape index (κ3) is 2.35. The summed E-state index contributed by atoms with van der Waals surface area (Å²) in [6.07, 6.45) is 10.1. The molecular weight excluding hydrogens is 150 g/mol. The molecule has 1 heterocycles. The van der Waals surface area contributed by atoms with Gasteiger partial charge in [-0.1, -0.05) is 0 Å². The van der Waals surface area contributed by atoms with Crippen LogP contribution in [0.2, 0.25) is 0 Å². The van der Waals surface area contributed by atoms with Gasteiger partial charge in [0, 0.05) is 6.42 Å². The minimum atomic E-state index is 0.0727. The van der Waals surface area contributed by atoms with E-state index >= 15 is 0 Å². The molecule has 0 radical (unpaired) electrons. The number of nitrogens with zero attached hydrogens (tertiary/aromatic N) is 1. The lowest BCUT2D eigenvalue weighted by atomic mass is 10.1. The molecule has 0 aliphatic carbocycles. The van der Waals surface area contributed by atoms with Gasteiger partial charge in [0.1, 0.15) is 6.29 Å². The van der Waals surface area contributed by atoms with Crippen molar-refractivity contribution in [1.82, 2.24) is 4.90 Å². The molecule has 0 amide bonds. The number of hydrogen-bond donors (Lipinski definition) is 0. The van der Waals surface area contributed by atoms with Crippen molar-refractivity contribution in [3.05, 3.63) is 0 Å². The Hall–Kier alpha value is -0.810. The molecule has 1 aliphatic heterocycles. The summed E-state index contributed by atoms with van der Waals surface area (Å²) >= 11 is 0. The van der Waals surface area contributed by atoms with Gasteiger partial charge in [-0.3, -0.25) is 4.90 Å². The van der Waals surface area contributed by atoms with Gasteiger partial charge in [-0.25, -0.2) is 0 Å². The van der Waals surface area contributed by atoms with Gasteiger partial charge >= 0.3 is 0 Å². The smallest absolute Gasteiger partial charge is 0.137 e. The van der Waals surface area contributed by atoms with Crippen LogP contribution in [0.5, 0.6) is 0 Å². The summed E-state index contributed by atoms with van der Waals surface area (Å²) in [4.78, 5) is 12.9. The fourth-order valence-electron chi connectivity index (χ4n) is 1.64. The maximum Gasteiger partial charge on any atom is 0.137 e. The van der Waals surface area contributed by atoms with E-state index in [0.29, 0.717) is 6.42 Å². The van der Waals surface area contributed by atoms with Crippen LogP contribution in [0.3, 0.4) is 0 Å². The molecule has 0 aromatic carbocycles. The lowest BCUT2D eigenvalue weighted by molar-refractivity contribution is -0.112. The summed E-state index contributed by atoms with van der Waals surface area (Å²) in [7, 11) is 0. The predicted molar refractivity (Wildman–Crippen MR) is 48.7 cm³/mol. The van der Waals surface area contributed by atoms with E-state index in [4.69, 9.17) is 6.42 Å². The first kappa shape index (κ1) is 9.28. The molecular formula is C10H15NO. The van der Waals surface area contributed by atoms with Gasteiger partial charge in [0.2, 0.25) is 0 Å². The van der Waals surface area contributed by atoms with Gasteiger partial charge in [-0.15, -0.1) is 12.3 Å². The van der Waals surface area contributed by atoms with Gasteiger partial charge < -0.3 is 4.79 Å². The Morgan fingerprint density at radius 1 is 1.50 bits per heavy atom. The second-order valence-corrected chi connectivity index (χ2v) is 3.19. The maximum absolute atomic E-state index is 10.7. The Morgan fingerprint density at radius 2 is 2.17 bits per heavy atom. The molecule has 0 bridgehead atoms. The average molecular weight is 165 g/mol. The van der Waals surface area contributed by atoms with Crippen molar-refractivity contribution in [1.29, 1.82) is 0 Å². The van der Waals surface area contributed by atoms with Crippen molar-refractivity contribution in [3.8, 4) is 12.3 Å². The summed E-state index contributed by atoms with van der Waals surface area (Å²) in [5, 5.41) is 0. The minimum absolute atomic E-state index is 0.0727. The van der Waals surface area contributed by atoms with Crippen LogP contribution in [0.4, 0.5) is 0 Å². The Kier molecular flexibility index (Phi) is 3.83. The Bertz CT molecular complexity index is 177. The second kappa shape index (κ2) is 4.95. The Morgan fingerprint density at radius 3 is 2.67 bits per heavy atom. The van der Waals surface area contributed by atoms with E-state index in [1.807, 2.05) is 0 Å². The molecule has 2 heteroatoms. The van der Waals surface area contributed by atoms with E-state index in [9.17, 15) is 4.79 Å². The molecule has 0 spiro atoms. The number of carbonyl (C=O) groups is 1. The van der Waals surface area contributed by atoms with Gasteiger partial charge in [0.25, 0.3) is 0 Å². The molecule has 0 aromatic rings. The van der Waals surface area contributed by atoms with Crippen molar-refractivity contribution >= 4 is 6.29 Å². The summed E-state index contributed by atoms with van der Waals surface area (Å²) < 4.78 is 0. The minimum Gasteiger partial charge on any atom is -0.302 e. The standard InChI is InChI=1S/C10H15NO/c1-2-3-6-10(9-12)11-7-4-5-8-11/h1,9-10H,3-8H2. The fourth-order valence-corrected chi connectivity index (χ4v) is 1.64. The zero-order chi connectivity index (χ0) is 8.81. The zero-order valence-corrected chi connectivity index (χ0v) is 7.33. The van der Waals surface area contributed by atoms with Gasteiger partial charge in [-0.2, -0.15) is 0 Å². The molecule has 1 aliphatic rings. The van der Waals surface area contributed by atoms with Crippen molar-refractivity contribution in [3.63, 3.8) is 0 Å². The topological polar surface area (TPSA) is 20.3 Å². The van der Waals surface area contributed by atoms with Crippen molar-refractivity contribution < 1.29 is 4.79 Å². The third-order valence-electron chi connectivity index (χ3n) is 2.35. The highest BCUT2D eigenvalue weighted by Crippen LogP contribution is 2.13. The number of carbonyl (C=O) groups excluding carboxylic acids is 1. The van der Waals surface area contributed by atoms with Crippen LogP contribution in [0.25, 0.3) is 0 Å². The molecule has 1 fully saturated rings. The number of hydrogen-bond acceptors (Lipinski definition) is 2. The number of terminal acetylenes is 1. The van der Waals surface area contributed by atoms with E-state index in [2.05, 4.69) is 10.8 Å². The van der Waals surface area contributed by atoms with E-state index in [1.54, 1.807) is 0 Å². The maximum atomic E-state index is 10.7. The van der Waals surface area contributed by atoms with Gasteiger partial charge in [0.05, 0.1) is 6.04 Å². The van der Waals surface area contributed by atoms with Crippen LogP contribution in [0, 0.1) is 12.3 Å². The van der Waals surface area contributed by atoms with Crippen LogP contribution in [-0.2, 0) is 4.79 Å². The lowest BCUT2D eigenvalue weighted by Crippen LogP contribution is -2.33. The molecule has 0 N–H and O–H groups in total. The molecule has 12 heavy (non-hydrogen) atoms. The normalized spacial score (nSPS) is 20.2. The van der Waals surface area contributed by atoms with E-state index in [0.717, 1.165) is 25.8 Å². The highest BCUT2D eigenvalue weighted by molar-refractivity contribution is 5.57. The lowest BCUT2D eigenvalue weighted by Gasteiger charge is -2.21. The van der Waals surface area contributed by atoms with E-state index in [1.165, 1.54) is 12.8 Å². The quantitative estimate of drug-likeness (QED) is 0.458. The van der Waals surface area contributed by atoms with E-state index in [-0.39, 0.29) is 6.04 Å².